The maximum Gasteiger partial charge on any atom is 0.352 e. The van der Waals surface area contributed by atoms with Gasteiger partial charge in [-0.15, -0.1) is 0 Å². The number of rotatable bonds is 5. The van der Waals surface area contributed by atoms with Crippen LogP contribution in [-0.2, 0) is 17.9 Å². The summed E-state index contributed by atoms with van der Waals surface area (Å²) in [6.45, 7) is 3.02. The van der Waals surface area contributed by atoms with E-state index in [0.29, 0.717) is 31.4 Å². The van der Waals surface area contributed by atoms with Crippen LogP contribution in [0.15, 0.2) is 41.3 Å². The lowest BCUT2D eigenvalue weighted by Gasteiger charge is -2.15. The van der Waals surface area contributed by atoms with Gasteiger partial charge in [0.25, 0.3) is 0 Å². The van der Waals surface area contributed by atoms with Crippen molar-refractivity contribution in [3.63, 3.8) is 0 Å². The second kappa shape index (κ2) is 7.62. The molecule has 2 aliphatic rings. The van der Waals surface area contributed by atoms with E-state index < -0.39 is 23.1 Å². The number of aromatic nitrogens is 3. The molecule has 2 aliphatic heterocycles. The molecule has 1 atom stereocenters. The predicted octanol–water partition coefficient (Wildman–Crippen LogP) is 2.77. The second-order valence-corrected chi connectivity index (χ2v) is 7.38. The average molecular weight is 428 g/mol. The highest BCUT2D eigenvalue weighted by Gasteiger charge is 2.35. The lowest BCUT2D eigenvalue weighted by molar-refractivity contribution is 0.189. The minimum absolute atomic E-state index is 0.0807. The fourth-order valence-electron chi connectivity index (χ4n) is 3.71. The zero-order chi connectivity index (χ0) is 21.5. The van der Waals surface area contributed by atoms with Crippen molar-refractivity contribution in [3.05, 3.63) is 69.9 Å². The molecule has 2 aromatic heterocycles. The topological polar surface area (TPSA) is 78.7 Å². The third-order valence-electron chi connectivity index (χ3n) is 5.17. The summed E-state index contributed by atoms with van der Waals surface area (Å²) in [5.41, 5.74) is 0.460. The first-order chi connectivity index (χ1) is 15.0. The highest BCUT2D eigenvalue weighted by Crippen LogP contribution is 2.31. The lowest BCUT2D eigenvalue weighted by atomic mass is 10.2. The zero-order valence-corrected chi connectivity index (χ0v) is 16.5. The first kappa shape index (κ1) is 19.4. The van der Waals surface area contributed by atoms with E-state index in [2.05, 4.69) is 9.97 Å². The van der Waals surface area contributed by atoms with Gasteiger partial charge in [0, 0.05) is 24.0 Å². The molecule has 0 aliphatic carbocycles. The Balaban J connectivity index is 1.33. The van der Waals surface area contributed by atoms with Crippen molar-refractivity contribution in [2.75, 3.05) is 18.2 Å². The number of anilines is 1. The van der Waals surface area contributed by atoms with Crippen LogP contribution in [-0.4, -0.2) is 33.9 Å². The van der Waals surface area contributed by atoms with Gasteiger partial charge < -0.3 is 19.1 Å². The van der Waals surface area contributed by atoms with Crippen molar-refractivity contribution in [2.24, 2.45) is 0 Å². The number of nitrogens with zero attached hydrogens (tertiary/aromatic N) is 4. The Kier molecular flexibility index (Phi) is 4.78. The van der Waals surface area contributed by atoms with Gasteiger partial charge in [0.15, 0.2) is 17.4 Å². The van der Waals surface area contributed by atoms with Gasteiger partial charge >= 0.3 is 5.69 Å². The molecule has 1 saturated heterocycles. The number of hydrogen-bond acceptors (Lipinski definition) is 7. The Morgan fingerprint density at radius 2 is 2.03 bits per heavy atom. The van der Waals surface area contributed by atoms with Gasteiger partial charge in [0.1, 0.15) is 24.9 Å². The third-order valence-corrected chi connectivity index (χ3v) is 5.17. The van der Waals surface area contributed by atoms with Crippen LogP contribution in [0.1, 0.15) is 11.3 Å². The molecule has 5 rings (SSSR count). The van der Waals surface area contributed by atoms with Crippen LogP contribution in [0.3, 0.4) is 0 Å². The number of fused-ring (bicyclic) bond motifs is 3. The van der Waals surface area contributed by atoms with Crippen molar-refractivity contribution in [3.8, 4) is 17.4 Å². The summed E-state index contributed by atoms with van der Waals surface area (Å²) in [4.78, 5) is 22.2. The van der Waals surface area contributed by atoms with Gasteiger partial charge in [-0.1, -0.05) is 0 Å². The smallest absolute Gasteiger partial charge is 0.352 e. The molecule has 0 radical (unpaired) electrons. The van der Waals surface area contributed by atoms with Crippen molar-refractivity contribution in [1.29, 1.82) is 0 Å². The van der Waals surface area contributed by atoms with Crippen LogP contribution in [0.2, 0.25) is 0 Å². The Morgan fingerprint density at radius 1 is 1.23 bits per heavy atom. The van der Waals surface area contributed by atoms with Crippen molar-refractivity contribution < 1.29 is 23.0 Å². The first-order valence-electron chi connectivity index (χ1n) is 9.65. The van der Waals surface area contributed by atoms with Gasteiger partial charge in [-0.2, -0.15) is 4.98 Å². The number of halogens is 2. The molecule has 0 bridgehead atoms. The van der Waals surface area contributed by atoms with E-state index in [1.54, 1.807) is 23.6 Å². The van der Waals surface area contributed by atoms with E-state index in [1.165, 1.54) is 12.3 Å². The number of hydrogen-bond donors (Lipinski definition) is 0. The molecule has 3 aromatic rings. The Labute approximate surface area is 175 Å². The molecule has 0 spiro atoms. The molecular weight excluding hydrogens is 410 g/mol. The molecule has 1 fully saturated rings. The fourth-order valence-corrected chi connectivity index (χ4v) is 3.71. The van der Waals surface area contributed by atoms with E-state index >= 15 is 0 Å². The van der Waals surface area contributed by atoms with Gasteiger partial charge in [-0.25, -0.2) is 13.6 Å². The second-order valence-electron chi connectivity index (χ2n) is 7.38. The van der Waals surface area contributed by atoms with E-state index in [0.717, 1.165) is 12.1 Å². The fraction of sp³-hybridized carbons (Fsp3) is 0.286. The van der Waals surface area contributed by atoms with Crippen LogP contribution in [0.4, 0.5) is 14.6 Å². The molecule has 0 saturated carbocycles. The number of ether oxygens (including phenoxy) is 3. The van der Waals surface area contributed by atoms with Gasteiger partial charge in [0.05, 0.1) is 19.2 Å². The zero-order valence-electron chi connectivity index (χ0n) is 16.5. The van der Waals surface area contributed by atoms with Crippen molar-refractivity contribution in [2.45, 2.75) is 26.1 Å². The molecule has 4 heterocycles. The van der Waals surface area contributed by atoms with E-state index in [4.69, 9.17) is 14.2 Å². The van der Waals surface area contributed by atoms with Gasteiger partial charge in [-0.3, -0.25) is 9.55 Å². The van der Waals surface area contributed by atoms with E-state index in [9.17, 15) is 13.6 Å². The van der Waals surface area contributed by atoms with Crippen molar-refractivity contribution in [1.82, 2.24) is 14.5 Å². The summed E-state index contributed by atoms with van der Waals surface area (Å²) >= 11 is 0. The maximum atomic E-state index is 14.5. The lowest BCUT2D eigenvalue weighted by Crippen LogP contribution is -2.26. The normalized spacial score (nSPS) is 16.9. The quantitative estimate of drug-likeness (QED) is 0.618. The molecule has 8 nitrogen and oxygen atoms in total. The number of benzene rings is 1. The summed E-state index contributed by atoms with van der Waals surface area (Å²) in [6.07, 6.45) is 1.49. The average Bonchev–Trinajstić information content (AvgIpc) is 3.32. The highest BCUT2D eigenvalue weighted by atomic mass is 19.1. The summed E-state index contributed by atoms with van der Waals surface area (Å²) in [5, 5.41) is 0. The predicted molar refractivity (Wildman–Crippen MR) is 105 cm³/mol. The molecule has 10 heteroatoms. The monoisotopic (exact) mass is 428 g/mol. The van der Waals surface area contributed by atoms with Gasteiger partial charge in [-0.05, 0) is 30.7 Å². The van der Waals surface area contributed by atoms with E-state index in [1.807, 2.05) is 4.90 Å². The first-order valence-corrected chi connectivity index (χ1v) is 9.65. The maximum absolute atomic E-state index is 14.5. The van der Waals surface area contributed by atoms with Crippen molar-refractivity contribution >= 4 is 5.82 Å². The SMILES string of the molecule is Cc1cc(Oc2c(F)cc(COc3cc4n(c(=O)n3)C[C@H]3COCN43)cc2F)ccn1. The minimum atomic E-state index is -0.868. The summed E-state index contributed by atoms with van der Waals surface area (Å²) in [7, 11) is 0. The van der Waals surface area contributed by atoms with Crippen LogP contribution < -0.4 is 20.1 Å². The van der Waals surface area contributed by atoms with Gasteiger partial charge in [0.2, 0.25) is 5.88 Å². The van der Waals surface area contributed by atoms with Crippen LogP contribution in [0, 0.1) is 18.6 Å². The molecule has 1 aromatic carbocycles. The van der Waals surface area contributed by atoms with Crippen LogP contribution in [0.5, 0.6) is 17.4 Å². The Morgan fingerprint density at radius 3 is 2.81 bits per heavy atom. The Bertz CT molecular complexity index is 1190. The Hall–Kier alpha value is -3.53. The summed E-state index contributed by atoms with van der Waals surface area (Å²) in [5.74, 6) is -1.23. The molecular formula is C21H18F2N4O4. The standard InChI is InChI=1S/C21H18F2N4O4/c1-12-4-15(2-3-24-12)31-20-16(22)5-13(6-17(20)23)9-30-18-7-19-26(21(28)25-18)8-14-10-29-11-27(14)19/h2-7,14H,8-11H2,1H3/t14-/m0/s1. The molecule has 160 valence electrons. The number of aryl methyl sites for hydroxylation is 1. The molecule has 0 unspecified atom stereocenters. The largest absolute Gasteiger partial charge is 0.473 e. The summed E-state index contributed by atoms with van der Waals surface area (Å²) in [6, 6.07) is 7.06. The third kappa shape index (κ3) is 3.70. The van der Waals surface area contributed by atoms with Crippen LogP contribution in [0.25, 0.3) is 0 Å². The number of pyridine rings is 1. The molecule has 0 amide bonds. The molecule has 31 heavy (non-hydrogen) atoms. The van der Waals surface area contributed by atoms with E-state index in [-0.39, 0.29) is 29.8 Å². The molecule has 0 N–H and O–H groups in total. The highest BCUT2D eigenvalue weighted by molar-refractivity contribution is 5.47. The minimum Gasteiger partial charge on any atom is -0.473 e. The summed E-state index contributed by atoms with van der Waals surface area (Å²) < 4.78 is 46.8. The van der Waals surface area contributed by atoms with Crippen LogP contribution >= 0.6 is 0 Å².